The van der Waals surface area contributed by atoms with Gasteiger partial charge in [-0.15, -0.1) is 0 Å². The van der Waals surface area contributed by atoms with Crippen molar-refractivity contribution in [3.63, 3.8) is 0 Å². The lowest BCUT2D eigenvalue weighted by atomic mass is 10.0. The highest BCUT2D eigenvalue weighted by atomic mass is 35.5. The summed E-state index contributed by atoms with van der Waals surface area (Å²) in [6.45, 7) is 8.61. The molecule has 2 aromatic heterocycles. The molecule has 0 aliphatic rings. The molecular weight excluding hydrogens is 360 g/mol. The van der Waals surface area contributed by atoms with Crippen LogP contribution in [0.3, 0.4) is 0 Å². The highest BCUT2D eigenvalue weighted by Crippen LogP contribution is 2.26. The van der Waals surface area contributed by atoms with E-state index in [1.54, 1.807) is 12.3 Å². The Balaban J connectivity index is 2.13. The summed E-state index contributed by atoms with van der Waals surface area (Å²) in [7, 11) is 0. The van der Waals surface area contributed by atoms with Gasteiger partial charge in [-0.2, -0.15) is 5.10 Å². The second-order valence-corrected chi connectivity index (χ2v) is 7.81. The first-order valence-electron chi connectivity index (χ1n) is 8.89. The number of hydrogen-bond donors (Lipinski definition) is 1. The van der Waals surface area contributed by atoms with Crippen molar-refractivity contribution in [2.24, 2.45) is 0 Å². The number of pyridine rings is 1. The zero-order valence-corrected chi connectivity index (χ0v) is 16.7. The number of rotatable bonds is 4. The Morgan fingerprint density at radius 1 is 1.11 bits per heavy atom. The molecule has 3 rings (SSSR count). The van der Waals surface area contributed by atoms with Crippen LogP contribution in [0.25, 0.3) is 22.6 Å². The van der Waals surface area contributed by atoms with Crippen LogP contribution in [-0.2, 0) is 6.54 Å². The molecular formula is C21H23ClN4O. The molecule has 0 aliphatic heterocycles. The molecule has 0 bridgehead atoms. The molecule has 0 spiro atoms. The number of benzene rings is 1. The van der Waals surface area contributed by atoms with Gasteiger partial charge in [-0.25, -0.2) is 4.98 Å². The number of halogens is 1. The van der Waals surface area contributed by atoms with E-state index in [2.05, 4.69) is 10.4 Å². The van der Waals surface area contributed by atoms with Gasteiger partial charge in [-0.1, -0.05) is 23.7 Å². The molecule has 0 unspecified atom stereocenters. The molecule has 140 valence electrons. The number of aromatic nitrogens is 3. The molecule has 0 radical (unpaired) electrons. The zero-order chi connectivity index (χ0) is 19.6. The highest BCUT2D eigenvalue weighted by Gasteiger charge is 2.18. The summed E-state index contributed by atoms with van der Waals surface area (Å²) >= 11 is 6.01. The van der Waals surface area contributed by atoms with E-state index in [-0.39, 0.29) is 11.4 Å². The summed E-state index contributed by atoms with van der Waals surface area (Å²) in [5.41, 5.74) is 3.43. The fraction of sp³-hybridized carbons (Fsp3) is 0.286. The van der Waals surface area contributed by atoms with E-state index in [0.717, 1.165) is 17.8 Å². The normalized spacial score (nSPS) is 11.4. The van der Waals surface area contributed by atoms with Crippen molar-refractivity contribution in [3.8, 4) is 22.6 Å². The van der Waals surface area contributed by atoms with Crippen LogP contribution < -0.4 is 5.32 Å². The minimum Gasteiger partial charge on any atom is -0.347 e. The van der Waals surface area contributed by atoms with Crippen LogP contribution in [0.2, 0.25) is 5.02 Å². The molecule has 0 saturated heterocycles. The van der Waals surface area contributed by atoms with E-state index in [0.29, 0.717) is 22.0 Å². The van der Waals surface area contributed by atoms with Crippen LogP contribution in [0.1, 0.15) is 38.1 Å². The lowest BCUT2D eigenvalue weighted by Gasteiger charge is -2.21. The van der Waals surface area contributed by atoms with Crippen molar-refractivity contribution in [1.29, 1.82) is 0 Å². The number of amides is 1. The van der Waals surface area contributed by atoms with Crippen LogP contribution in [0.15, 0.2) is 48.7 Å². The third-order valence-electron chi connectivity index (χ3n) is 3.99. The third-order valence-corrected chi connectivity index (χ3v) is 4.25. The molecule has 27 heavy (non-hydrogen) atoms. The lowest BCUT2D eigenvalue weighted by molar-refractivity contribution is 0.0919. The van der Waals surface area contributed by atoms with Crippen molar-refractivity contribution < 1.29 is 4.79 Å². The first-order chi connectivity index (χ1) is 12.8. The van der Waals surface area contributed by atoms with Crippen molar-refractivity contribution in [2.75, 3.05) is 0 Å². The fourth-order valence-electron chi connectivity index (χ4n) is 2.78. The van der Waals surface area contributed by atoms with Gasteiger partial charge in [-0.05, 0) is 58.0 Å². The number of aryl methyl sites for hydroxylation is 1. The van der Waals surface area contributed by atoms with Crippen molar-refractivity contribution in [2.45, 2.75) is 39.8 Å². The minimum atomic E-state index is -0.327. The molecule has 1 N–H and O–H groups in total. The van der Waals surface area contributed by atoms with Gasteiger partial charge in [0.25, 0.3) is 5.91 Å². The smallest absolute Gasteiger partial charge is 0.251 e. The molecule has 0 atom stereocenters. The maximum absolute atomic E-state index is 12.8. The van der Waals surface area contributed by atoms with Gasteiger partial charge >= 0.3 is 0 Å². The predicted molar refractivity (Wildman–Crippen MR) is 109 cm³/mol. The average Bonchev–Trinajstić information content (AvgIpc) is 3.09. The maximum atomic E-state index is 12.8. The number of carbonyl (C=O) groups is 1. The highest BCUT2D eigenvalue weighted by molar-refractivity contribution is 6.30. The lowest BCUT2D eigenvalue weighted by Crippen LogP contribution is -2.40. The average molecular weight is 383 g/mol. The number of hydrogen-bond acceptors (Lipinski definition) is 3. The second kappa shape index (κ2) is 7.53. The van der Waals surface area contributed by atoms with E-state index in [1.165, 1.54) is 0 Å². The van der Waals surface area contributed by atoms with Gasteiger partial charge in [0.05, 0.1) is 17.1 Å². The Hall–Kier alpha value is -2.66. The van der Waals surface area contributed by atoms with Crippen LogP contribution in [0.5, 0.6) is 0 Å². The molecule has 5 nitrogen and oxygen atoms in total. The summed E-state index contributed by atoms with van der Waals surface area (Å²) in [6, 6.07) is 13.0. The van der Waals surface area contributed by atoms with Crippen molar-refractivity contribution in [3.05, 3.63) is 59.2 Å². The summed E-state index contributed by atoms with van der Waals surface area (Å²) in [4.78, 5) is 17.6. The van der Waals surface area contributed by atoms with Crippen LogP contribution in [0.4, 0.5) is 0 Å². The standard InChI is InChI=1S/C21H23ClN4O/c1-5-26-19(10-11-23-26)18-13-15(20(27)25-21(2,3)4)12-17(24-18)14-6-8-16(22)9-7-14/h6-13H,5H2,1-4H3,(H,25,27). The zero-order valence-electron chi connectivity index (χ0n) is 16.0. The van der Waals surface area contributed by atoms with Crippen LogP contribution >= 0.6 is 11.6 Å². The quantitative estimate of drug-likeness (QED) is 0.704. The number of nitrogens with one attached hydrogen (secondary N) is 1. The molecule has 3 aromatic rings. The SMILES string of the molecule is CCn1nccc1-c1cc(C(=O)NC(C)(C)C)cc(-c2ccc(Cl)cc2)n1. The Kier molecular flexibility index (Phi) is 5.33. The predicted octanol–water partition coefficient (Wildman–Crippen LogP) is 4.81. The third kappa shape index (κ3) is 4.55. The van der Waals surface area contributed by atoms with Gasteiger partial charge in [0, 0.05) is 34.4 Å². The summed E-state index contributed by atoms with van der Waals surface area (Å²) in [6.07, 6.45) is 1.74. The van der Waals surface area contributed by atoms with Gasteiger partial charge in [0.15, 0.2) is 0 Å². The van der Waals surface area contributed by atoms with Gasteiger partial charge < -0.3 is 5.32 Å². The summed E-state index contributed by atoms with van der Waals surface area (Å²) < 4.78 is 1.86. The topological polar surface area (TPSA) is 59.8 Å². The molecule has 0 saturated carbocycles. The first kappa shape index (κ1) is 19.1. The molecule has 6 heteroatoms. The molecule has 1 amide bonds. The van der Waals surface area contributed by atoms with Crippen LogP contribution in [0, 0.1) is 0 Å². The molecule has 2 heterocycles. The molecule has 0 aliphatic carbocycles. The molecule has 1 aromatic carbocycles. The van der Waals surface area contributed by atoms with Gasteiger partial charge in [-0.3, -0.25) is 9.48 Å². The van der Waals surface area contributed by atoms with Crippen molar-refractivity contribution in [1.82, 2.24) is 20.1 Å². The Morgan fingerprint density at radius 3 is 2.41 bits per heavy atom. The van der Waals surface area contributed by atoms with E-state index < -0.39 is 0 Å². The number of nitrogens with zero attached hydrogens (tertiary/aromatic N) is 3. The second-order valence-electron chi connectivity index (χ2n) is 7.37. The number of carbonyl (C=O) groups excluding carboxylic acids is 1. The van der Waals surface area contributed by atoms with E-state index in [1.807, 2.05) is 68.8 Å². The molecule has 0 fully saturated rings. The maximum Gasteiger partial charge on any atom is 0.251 e. The van der Waals surface area contributed by atoms with Crippen LogP contribution in [-0.4, -0.2) is 26.2 Å². The van der Waals surface area contributed by atoms with E-state index >= 15 is 0 Å². The summed E-state index contributed by atoms with van der Waals surface area (Å²) in [5, 5.41) is 7.99. The largest absolute Gasteiger partial charge is 0.347 e. The van der Waals surface area contributed by atoms with Gasteiger partial charge in [0.2, 0.25) is 0 Å². The summed E-state index contributed by atoms with van der Waals surface area (Å²) in [5.74, 6) is -0.135. The Labute approximate surface area is 164 Å². The van der Waals surface area contributed by atoms with Gasteiger partial charge in [0.1, 0.15) is 0 Å². The minimum absolute atomic E-state index is 0.135. The van der Waals surface area contributed by atoms with E-state index in [9.17, 15) is 4.79 Å². The Bertz CT molecular complexity index is 955. The van der Waals surface area contributed by atoms with Crippen molar-refractivity contribution >= 4 is 17.5 Å². The monoisotopic (exact) mass is 382 g/mol. The van der Waals surface area contributed by atoms with E-state index in [4.69, 9.17) is 16.6 Å². The Morgan fingerprint density at radius 2 is 1.78 bits per heavy atom. The first-order valence-corrected chi connectivity index (χ1v) is 9.27. The fourth-order valence-corrected chi connectivity index (χ4v) is 2.90.